The molecule has 0 bridgehead atoms. The van der Waals surface area contributed by atoms with Gasteiger partial charge in [0.15, 0.2) is 11.3 Å². The van der Waals surface area contributed by atoms with Gasteiger partial charge in [0.1, 0.15) is 0 Å². The molecule has 0 unspecified atom stereocenters. The molecule has 0 atom stereocenters. The number of ether oxygens (including phenoxy) is 1. The first-order valence-electron chi connectivity index (χ1n) is 6.83. The minimum absolute atomic E-state index is 0.194. The van der Waals surface area contributed by atoms with Crippen LogP contribution in [0.25, 0.3) is 5.65 Å². The van der Waals surface area contributed by atoms with Gasteiger partial charge >= 0.3 is 0 Å². The number of amides is 1. The van der Waals surface area contributed by atoms with Crippen molar-refractivity contribution in [2.24, 2.45) is 0 Å². The van der Waals surface area contributed by atoms with Gasteiger partial charge < -0.3 is 10.1 Å². The van der Waals surface area contributed by atoms with Crippen molar-refractivity contribution in [1.29, 1.82) is 0 Å². The molecule has 3 rings (SSSR count). The summed E-state index contributed by atoms with van der Waals surface area (Å²) in [5.74, 6) is -0.194. The van der Waals surface area contributed by atoms with E-state index in [0.29, 0.717) is 22.4 Å². The largest absolute Gasteiger partial charge is 0.379 e. The van der Waals surface area contributed by atoms with E-state index in [1.54, 1.807) is 23.0 Å². The third-order valence-electron chi connectivity index (χ3n) is 3.37. The Morgan fingerprint density at radius 2 is 2.24 bits per heavy atom. The molecule has 112 valence electrons. The first-order chi connectivity index (χ1) is 10.3. The van der Waals surface area contributed by atoms with Crippen LogP contribution in [0.2, 0.25) is 0 Å². The predicted octanol–water partition coefficient (Wildman–Crippen LogP) is 0.554. The van der Waals surface area contributed by atoms with Crippen LogP contribution in [0.1, 0.15) is 10.5 Å². The molecule has 1 amide bonds. The second-order valence-corrected chi connectivity index (χ2v) is 5.55. The maximum Gasteiger partial charge on any atom is 0.273 e. The van der Waals surface area contributed by atoms with E-state index in [1.165, 1.54) is 0 Å². The monoisotopic (exact) mass is 353 g/mol. The number of rotatable bonds is 4. The Morgan fingerprint density at radius 3 is 3.00 bits per heavy atom. The number of carbonyl (C=O) groups excluding carboxylic acids is 1. The average molecular weight is 354 g/mol. The zero-order valence-corrected chi connectivity index (χ0v) is 13.0. The first kappa shape index (κ1) is 14.4. The quantitative estimate of drug-likeness (QED) is 0.869. The van der Waals surface area contributed by atoms with Crippen molar-refractivity contribution in [3.63, 3.8) is 0 Å². The predicted molar refractivity (Wildman–Crippen MR) is 80.3 cm³/mol. The topological polar surface area (TPSA) is 71.8 Å². The van der Waals surface area contributed by atoms with E-state index in [4.69, 9.17) is 4.74 Å². The van der Waals surface area contributed by atoms with Crippen molar-refractivity contribution in [3.8, 4) is 0 Å². The molecule has 1 aliphatic rings. The number of hydrogen-bond donors (Lipinski definition) is 1. The van der Waals surface area contributed by atoms with E-state index in [2.05, 4.69) is 36.2 Å². The smallest absolute Gasteiger partial charge is 0.273 e. The van der Waals surface area contributed by atoms with Crippen molar-refractivity contribution >= 4 is 27.5 Å². The molecule has 1 N–H and O–H groups in total. The van der Waals surface area contributed by atoms with Crippen LogP contribution in [0.3, 0.4) is 0 Å². The molecule has 2 aromatic rings. The third kappa shape index (κ3) is 3.22. The van der Waals surface area contributed by atoms with Gasteiger partial charge in [-0.3, -0.25) is 9.69 Å². The molecular weight excluding hydrogens is 338 g/mol. The van der Waals surface area contributed by atoms with E-state index in [0.717, 1.165) is 32.8 Å². The number of aromatic nitrogens is 3. The van der Waals surface area contributed by atoms with E-state index in [1.807, 2.05) is 0 Å². The normalized spacial score (nSPS) is 16.2. The summed E-state index contributed by atoms with van der Waals surface area (Å²) < 4.78 is 7.49. The second-order valence-electron chi connectivity index (χ2n) is 4.76. The summed E-state index contributed by atoms with van der Waals surface area (Å²) in [6.45, 7) is 4.76. The van der Waals surface area contributed by atoms with E-state index in [9.17, 15) is 4.79 Å². The number of morpholine rings is 1. The van der Waals surface area contributed by atoms with Gasteiger partial charge in [0.05, 0.1) is 17.7 Å². The van der Waals surface area contributed by atoms with E-state index < -0.39 is 0 Å². The summed E-state index contributed by atoms with van der Waals surface area (Å²) in [5, 5.41) is 7.13. The Balaban J connectivity index is 1.60. The molecule has 1 aliphatic heterocycles. The van der Waals surface area contributed by atoms with Crippen LogP contribution in [0.15, 0.2) is 22.9 Å². The number of fused-ring (bicyclic) bond motifs is 1. The fourth-order valence-corrected chi connectivity index (χ4v) is 2.78. The maximum absolute atomic E-state index is 12.2. The SMILES string of the molecule is O=C(NCCN1CCOCC1)c1nn2cccnc2c1Br. The minimum atomic E-state index is -0.194. The lowest BCUT2D eigenvalue weighted by Gasteiger charge is -2.26. The number of nitrogens with zero attached hydrogens (tertiary/aromatic N) is 4. The van der Waals surface area contributed by atoms with Gasteiger partial charge in [0.25, 0.3) is 5.91 Å². The summed E-state index contributed by atoms with van der Waals surface area (Å²) in [6, 6.07) is 1.77. The van der Waals surface area contributed by atoms with Crippen molar-refractivity contribution in [1.82, 2.24) is 24.8 Å². The Bertz CT molecular complexity index is 639. The maximum atomic E-state index is 12.2. The molecule has 0 saturated carbocycles. The van der Waals surface area contributed by atoms with E-state index >= 15 is 0 Å². The van der Waals surface area contributed by atoms with Crippen LogP contribution >= 0.6 is 15.9 Å². The zero-order valence-electron chi connectivity index (χ0n) is 11.5. The highest BCUT2D eigenvalue weighted by atomic mass is 79.9. The van der Waals surface area contributed by atoms with Gasteiger partial charge in [0, 0.05) is 38.6 Å². The summed E-state index contributed by atoms with van der Waals surface area (Å²) in [7, 11) is 0. The van der Waals surface area contributed by atoms with Gasteiger partial charge in [-0.15, -0.1) is 0 Å². The van der Waals surface area contributed by atoms with Crippen molar-refractivity contribution < 1.29 is 9.53 Å². The van der Waals surface area contributed by atoms with Crippen molar-refractivity contribution in [2.75, 3.05) is 39.4 Å². The fourth-order valence-electron chi connectivity index (χ4n) is 2.24. The molecule has 0 radical (unpaired) electrons. The van der Waals surface area contributed by atoms with Gasteiger partial charge in [0.2, 0.25) is 0 Å². The van der Waals surface area contributed by atoms with Crippen LogP contribution in [0, 0.1) is 0 Å². The average Bonchev–Trinajstić information content (AvgIpc) is 2.86. The van der Waals surface area contributed by atoms with Crippen molar-refractivity contribution in [2.45, 2.75) is 0 Å². The second kappa shape index (κ2) is 6.50. The van der Waals surface area contributed by atoms with E-state index in [-0.39, 0.29) is 5.91 Å². The van der Waals surface area contributed by atoms with Crippen LogP contribution in [-0.2, 0) is 4.74 Å². The van der Waals surface area contributed by atoms with Crippen LogP contribution < -0.4 is 5.32 Å². The molecule has 0 spiro atoms. The molecule has 21 heavy (non-hydrogen) atoms. The lowest BCUT2D eigenvalue weighted by Crippen LogP contribution is -2.41. The number of nitrogens with one attached hydrogen (secondary N) is 1. The number of carbonyl (C=O) groups is 1. The highest BCUT2D eigenvalue weighted by Crippen LogP contribution is 2.20. The van der Waals surface area contributed by atoms with Crippen molar-refractivity contribution in [3.05, 3.63) is 28.6 Å². The standard InChI is InChI=1S/C13H16BrN5O2/c14-10-11(17-19-4-1-2-15-12(10)19)13(20)16-3-5-18-6-8-21-9-7-18/h1-2,4H,3,5-9H2,(H,16,20). The molecule has 0 aromatic carbocycles. The first-order valence-corrected chi connectivity index (χ1v) is 7.62. The Kier molecular flexibility index (Phi) is 4.47. The Labute approximate surface area is 130 Å². The molecular formula is C13H16BrN5O2. The molecule has 0 aliphatic carbocycles. The highest BCUT2D eigenvalue weighted by molar-refractivity contribution is 9.10. The highest BCUT2D eigenvalue weighted by Gasteiger charge is 2.18. The zero-order chi connectivity index (χ0) is 14.7. The van der Waals surface area contributed by atoms with Gasteiger partial charge in [-0.25, -0.2) is 9.50 Å². The molecule has 3 heterocycles. The van der Waals surface area contributed by atoms with Crippen LogP contribution in [0.5, 0.6) is 0 Å². The third-order valence-corrected chi connectivity index (χ3v) is 4.10. The van der Waals surface area contributed by atoms with Gasteiger partial charge in [-0.05, 0) is 22.0 Å². The lowest BCUT2D eigenvalue weighted by atomic mass is 10.3. The summed E-state index contributed by atoms with van der Waals surface area (Å²) in [6.07, 6.45) is 3.43. The summed E-state index contributed by atoms with van der Waals surface area (Å²) >= 11 is 3.39. The summed E-state index contributed by atoms with van der Waals surface area (Å²) in [5.41, 5.74) is 0.992. The molecule has 8 heteroatoms. The van der Waals surface area contributed by atoms with Gasteiger partial charge in [-0.1, -0.05) is 0 Å². The van der Waals surface area contributed by atoms with Crippen LogP contribution in [-0.4, -0.2) is 64.8 Å². The molecule has 7 nitrogen and oxygen atoms in total. The van der Waals surface area contributed by atoms with Crippen LogP contribution in [0.4, 0.5) is 0 Å². The molecule has 2 aromatic heterocycles. The fraction of sp³-hybridized carbons (Fsp3) is 0.462. The molecule has 1 saturated heterocycles. The Morgan fingerprint density at radius 1 is 1.43 bits per heavy atom. The van der Waals surface area contributed by atoms with Gasteiger partial charge in [-0.2, -0.15) is 5.10 Å². The lowest BCUT2D eigenvalue weighted by molar-refractivity contribution is 0.0383. The number of halogens is 1. The Hall–Kier alpha value is -1.51. The molecule has 1 fully saturated rings. The number of hydrogen-bond acceptors (Lipinski definition) is 5. The minimum Gasteiger partial charge on any atom is -0.379 e. The summed E-state index contributed by atoms with van der Waals surface area (Å²) in [4.78, 5) is 18.6.